The molecule has 0 aliphatic rings. The topological polar surface area (TPSA) is 99.4 Å². The number of furan rings is 1. The van der Waals surface area contributed by atoms with Crippen molar-refractivity contribution >= 4 is 29.1 Å². The summed E-state index contributed by atoms with van der Waals surface area (Å²) in [6, 6.07) is 20.7. The van der Waals surface area contributed by atoms with Crippen molar-refractivity contribution in [3.05, 3.63) is 89.7 Å². The van der Waals surface area contributed by atoms with Gasteiger partial charge in [0.1, 0.15) is 11.3 Å². The molecule has 0 unspecified atom stereocenters. The number of fused-ring (bicyclic) bond motifs is 1. The number of esters is 1. The van der Waals surface area contributed by atoms with Gasteiger partial charge in [0, 0.05) is 5.39 Å². The van der Waals surface area contributed by atoms with Gasteiger partial charge in [-0.2, -0.15) is 5.10 Å². The molecule has 1 heterocycles. The highest BCUT2D eigenvalue weighted by Gasteiger charge is 2.14. The van der Waals surface area contributed by atoms with Gasteiger partial charge in [0.25, 0.3) is 0 Å². The van der Waals surface area contributed by atoms with Crippen LogP contribution in [0.2, 0.25) is 0 Å². The summed E-state index contributed by atoms with van der Waals surface area (Å²) < 4.78 is 22.0. The number of rotatable bonds is 10. The average Bonchev–Trinajstić information content (AvgIpc) is 3.34. The highest BCUT2D eigenvalue weighted by molar-refractivity contribution is 5.96. The molecule has 0 atom stereocenters. The molecule has 0 radical (unpaired) electrons. The van der Waals surface area contributed by atoms with Crippen molar-refractivity contribution in [2.24, 2.45) is 5.10 Å². The Morgan fingerprint density at radius 3 is 2.56 bits per heavy atom. The van der Waals surface area contributed by atoms with E-state index in [4.69, 9.17) is 18.6 Å². The third-order valence-electron chi connectivity index (χ3n) is 5.28. The molecule has 0 bridgehead atoms. The number of carbonyl (C=O) groups excluding carboxylic acids is 2. The lowest BCUT2D eigenvalue weighted by Gasteiger charge is -2.10. The number of methoxy groups -OCH3 is 1. The quantitative estimate of drug-likeness (QED) is 0.103. The van der Waals surface area contributed by atoms with Gasteiger partial charge in [0.15, 0.2) is 17.3 Å². The number of hydrogen-bond donors (Lipinski definition) is 1. The van der Waals surface area contributed by atoms with Crippen molar-refractivity contribution in [1.29, 1.82) is 0 Å². The molecule has 36 heavy (non-hydrogen) atoms. The van der Waals surface area contributed by atoms with Gasteiger partial charge in [-0.25, -0.2) is 10.2 Å². The smallest absolute Gasteiger partial charge is 0.343 e. The number of hydrogen-bond acceptors (Lipinski definition) is 7. The van der Waals surface area contributed by atoms with Gasteiger partial charge in [-0.3, -0.25) is 4.79 Å². The molecule has 4 rings (SSSR count). The first-order valence-corrected chi connectivity index (χ1v) is 11.5. The van der Waals surface area contributed by atoms with Crippen LogP contribution in [0, 0.1) is 0 Å². The Balaban J connectivity index is 1.36. The maximum atomic E-state index is 12.6. The minimum absolute atomic E-state index is 0.161. The summed E-state index contributed by atoms with van der Waals surface area (Å²) in [5.74, 6) is 0.474. The first kappa shape index (κ1) is 24.5. The Labute approximate surface area is 208 Å². The number of amides is 1. The van der Waals surface area contributed by atoms with Gasteiger partial charge in [-0.15, -0.1) is 0 Å². The van der Waals surface area contributed by atoms with E-state index < -0.39 is 11.9 Å². The zero-order valence-electron chi connectivity index (χ0n) is 20.0. The summed E-state index contributed by atoms with van der Waals surface area (Å²) in [7, 11) is 1.47. The highest BCUT2D eigenvalue weighted by atomic mass is 16.6. The molecule has 0 saturated carbocycles. The second kappa shape index (κ2) is 11.7. The monoisotopic (exact) mass is 486 g/mol. The number of nitrogens with zero attached hydrogens (tertiary/aromatic N) is 1. The largest absolute Gasteiger partial charge is 0.494 e. The standard InChI is InChI=1S/C28H26N2O6/c1-3-4-15-34-22-12-10-20(11-13-22)28(32)36-24-14-9-19(16-25(24)33-2)18-29-30-27(31)26-17-21-7-5-6-8-23(21)35-26/h5-14,16-18H,3-4,15H2,1-2H3,(H,30,31)/b29-18+. The Morgan fingerprint density at radius 1 is 1.00 bits per heavy atom. The first-order valence-electron chi connectivity index (χ1n) is 11.5. The molecular weight excluding hydrogens is 460 g/mol. The first-order chi connectivity index (χ1) is 17.6. The van der Waals surface area contributed by atoms with E-state index in [9.17, 15) is 9.59 Å². The fourth-order valence-electron chi connectivity index (χ4n) is 3.34. The zero-order chi connectivity index (χ0) is 25.3. The number of nitrogens with one attached hydrogen (secondary N) is 1. The third-order valence-corrected chi connectivity index (χ3v) is 5.28. The second-order valence-corrected chi connectivity index (χ2v) is 7.87. The highest BCUT2D eigenvalue weighted by Crippen LogP contribution is 2.28. The number of unbranched alkanes of at least 4 members (excludes halogenated alkanes) is 1. The molecule has 1 aromatic heterocycles. The molecule has 0 aliphatic carbocycles. The zero-order valence-corrected chi connectivity index (χ0v) is 20.0. The SMILES string of the molecule is CCCCOc1ccc(C(=O)Oc2ccc(/C=N/NC(=O)c3cc4ccccc4o3)cc2OC)cc1. The van der Waals surface area contributed by atoms with E-state index in [1.165, 1.54) is 13.3 Å². The molecule has 4 aromatic rings. The molecule has 0 fully saturated rings. The summed E-state index contributed by atoms with van der Waals surface area (Å²) in [6.45, 7) is 2.73. The summed E-state index contributed by atoms with van der Waals surface area (Å²) in [6.07, 6.45) is 3.47. The molecule has 184 valence electrons. The van der Waals surface area contributed by atoms with E-state index in [1.807, 2.05) is 18.2 Å². The normalized spacial score (nSPS) is 10.9. The lowest BCUT2D eigenvalue weighted by atomic mass is 10.2. The van der Waals surface area contributed by atoms with Crippen molar-refractivity contribution in [3.63, 3.8) is 0 Å². The Bertz CT molecular complexity index is 1340. The maximum Gasteiger partial charge on any atom is 0.343 e. The number of hydrazone groups is 1. The van der Waals surface area contributed by atoms with Crippen molar-refractivity contribution in [2.75, 3.05) is 13.7 Å². The summed E-state index contributed by atoms with van der Waals surface area (Å²) in [5, 5.41) is 4.81. The molecule has 0 saturated heterocycles. The van der Waals surface area contributed by atoms with Gasteiger partial charge in [-0.05, 0) is 66.6 Å². The van der Waals surface area contributed by atoms with Crippen LogP contribution in [0.5, 0.6) is 17.2 Å². The molecule has 1 N–H and O–H groups in total. The predicted octanol–water partition coefficient (Wildman–Crippen LogP) is 5.60. The van der Waals surface area contributed by atoms with Gasteiger partial charge < -0.3 is 18.6 Å². The van der Waals surface area contributed by atoms with E-state index in [-0.39, 0.29) is 11.5 Å². The molecule has 8 heteroatoms. The van der Waals surface area contributed by atoms with Gasteiger partial charge >= 0.3 is 11.9 Å². The second-order valence-electron chi connectivity index (χ2n) is 7.87. The van der Waals surface area contributed by atoms with Crippen LogP contribution < -0.4 is 19.6 Å². The van der Waals surface area contributed by atoms with Crippen LogP contribution in [-0.2, 0) is 0 Å². The molecule has 3 aromatic carbocycles. The number of benzene rings is 3. The number of ether oxygens (including phenoxy) is 3. The van der Waals surface area contributed by atoms with Crippen molar-refractivity contribution < 1.29 is 28.2 Å². The lowest BCUT2D eigenvalue weighted by molar-refractivity contribution is 0.0729. The molecular formula is C28H26N2O6. The molecule has 0 aliphatic heterocycles. The van der Waals surface area contributed by atoms with Crippen molar-refractivity contribution in [3.8, 4) is 17.2 Å². The lowest BCUT2D eigenvalue weighted by Crippen LogP contribution is -2.16. The average molecular weight is 487 g/mol. The van der Waals surface area contributed by atoms with Gasteiger partial charge in [-0.1, -0.05) is 31.5 Å². The molecule has 8 nitrogen and oxygen atoms in total. The van der Waals surface area contributed by atoms with Crippen LogP contribution in [0.1, 0.15) is 46.2 Å². The number of para-hydroxylation sites is 1. The van der Waals surface area contributed by atoms with E-state index in [0.29, 0.717) is 34.8 Å². The van der Waals surface area contributed by atoms with Crippen LogP contribution in [0.3, 0.4) is 0 Å². The minimum atomic E-state index is -0.520. The molecule has 1 amide bonds. The van der Waals surface area contributed by atoms with Crippen molar-refractivity contribution in [1.82, 2.24) is 5.43 Å². The Kier molecular flexibility index (Phi) is 7.97. The van der Waals surface area contributed by atoms with E-state index in [2.05, 4.69) is 17.5 Å². The van der Waals surface area contributed by atoms with Crippen LogP contribution in [0.4, 0.5) is 0 Å². The third kappa shape index (κ3) is 6.09. The predicted molar refractivity (Wildman–Crippen MR) is 136 cm³/mol. The van der Waals surface area contributed by atoms with Crippen molar-refractivity contribution in [2.45, 2.75) is 19.8 Å². The van der Waals surface area contributed by atoms with E-state index in [1.54, 1.807) is 54.6 Å². The van der Waals surface area contributed by atoms with Gasteiger partial charge in [0.05, 0.1) is 25.5 Å². The minimum Gasteiger partial charge on any atom is -0.494 e. The Hall–Kier alpha value is -4.59. The van der Waals surface area contributed by atoms with E-state index in [0.717, 1.165) is 18.2 Å². The fraction of sp³-hybridized carbons (Fsp3) is 0.179. The van der Waals surface area contributed by atoms with E-state index >= 15 is 0 Å². The van der Waals surface area contributed by atoms with Crippen LogP contribution in [-0.4, -0.2) is 31.8 Å². The van der Waals surface area contributed by atoms with Crippen LogP contribution in [0.15, 0.2) is 82.3 Å². The maximum absolute atomic E-state index is 12.6. The number of carbonyl (C=O) groups is 2. The molecule has 0 spiro atoms. The van der Waals surface area contributed by atoms with Crippen LogP contribution >= 0.6 is 0 Å². The van der Waals surface area contributed by atoms with Gasteiger partial charge in [0.2, 0.25) is 0 Å². The fourth-order valence-corrected chi connectivity index (χ4v) is 3.34. The summed E-state index contributed by atoms with van der Waals surface area (Å²) in [5.41, 5.74) is 4.08. The summed E-state index contributed by atoms with van der Waals surface area (Å²) >= 11 is 0. The summed E-state index contributed by atoms with van der Waals surface area (Å²) in [4.78, 5) is 24.9. The van der Waals surface area contributed by atoms with Crippen LogP contribution in [0.25, 0.3) is 11.0 Å². The Morgan fingerprint density at radius 2 is 1.81 bits per heavy atom.